The number of imidazole rings is 1. The summed E-state index contributed by atoms with van der Waals surface area (Å²) in [6, 6.07) is 0. The van der Waals surface area contributed by atoms with Crippen LogP contribution in [0, 0.1) is 0 Å². The summed E-state index contributed by atoms with van der Waals surface area (Å²) in [5.74, 6) is 0.386. The number of nitrogen functional groups attached to an aromatic ring is 1. The molecule has 0 aliphatic rings. The second kappa shape index (κ2) is 4.29. The molecule has 0 spiro atoms. The van der Waals surface area contributed by atoms with Gasteiger partial charge in [-0.2, -0.15) is 4.98 Å². The molecule has 2 aromatic rings. The molecule has 0 saturated heterocycles. The van der Waals surface area contributed by atoms with E-state index in [0.717, 1.165) is 0 Å². The Balaban J connectivity index is 2.63. The van der Waals surface area contributed by atoms with Crippen molar-refractivity contribution < 1.29 is 19.1 Å². The van der Waals surface area contributed by atoms with Crippen LogP contribution in [0.2, 0.25) is 0 Å². The zero-order chi connectivity index (χ0) is 13.5. The van der Waals surface area contributed by atoms with Gasteiger partial charge in [0.25, 0.3) is 0 Å². The topological polar surface area (TPSA) is 147 Å². The maximum Gasteiger partial charge on any atom is 0.393 e. The molecule has 0 aromatic carbocycles. The van der Waals surface area contributed by atoms with Crippen LogP contribution < -0.4 is 11.3 Å². The highest BCUT2D eigenvalue weighted by Crippen LogP contribution is 2.32. The molecular weight excluding hydrogens is 261 g/mol. The van der Waals surface area contributed by atoms with E-state index in [1.807, 2.05) is 0 Å². The molecule has 98 valence electrons. The molecule has 5 N–H and O–H groups in total. The maximum absolute atomic E-state index is 11.1. The number of rotatable bonds is 3. The van der Waals surface area contributed by atoms with Gasteiger partial charge in [-0.15, -0.1) is 0 Å². The quantitative estimate of drug-likeness (QED) is 0.544. The molecule has 0 saturated carbocycles. The first kappa shape index (κ1) is 12.9. The highest BCUT2D eigenvalue weighted by Gasteiger charge is 2.24. The van der Waals surface area contributed by atoms with Gasteiger partial charge in [0.15, 0.2) is 11.5 Å². The fourth-order valence-electron chi connectivity index (χ4n) is 1.36. The number of aromatic nitrogens is 4. The van der Waals surface area contributed by atoms with Crippen molar-refractivity contribution in [3.05, 3.63) is 5.82 Å². The predicted octanol–water partition coefficient (Wildman–Crippen LogP) is -0.555. The van der Waals surface area contributed by atoms with Gasteiger partial charge >= 0.3 is 7.60 Å². The second-order valence-electron chi connectivity index (χ2n) is 3.65. The van der Waals surface area contributed by atoms with Gasteiger partial charge in [-0.3, -0.25) is 4.57 Å². The van der Waals surface area contributed by atoms with Crippen LogP contribution in [0.3, 0.4) is 0 Å². The molecule has 0 radical (unpaired) electrons. The third kappa shape index (κ3) is 2.21. The predicted molar refractivity (Wildman–Crippen MR) is 63.2 cm³/mol. The Morgan fingerprint density at radius 1 is 1.39 bits per heavy atom. The number of hydrogen-bond acceptors (Lipinski definition) is 6. The minimum absolute atomic E-state index is 0.0691. The van der Waals surface area contributed by atoms with E-state index in [9.17, 15) is 4.57 Å². The van der Waals surface area contributed by atoms with Gasteiger partial charge in [-0.05, 0) is 6.92 Å². The summed E-state index contributed by atoms with van der Waals surface area (Å²) in [4.78, 5) is 32.2. The van der Waals surface area contributed by atoms with Crippen molar-refractivity contribution in [3.8, 4) is 0 Å². The average Bonchev–Trinajstić information content (AvgIpc) is 2.71. The Kier molecular flexibility index (Phi) is 3.07. The summed E-state index contributed by atoms with van der Waals surface area (Å²) >= 11 is 0. The lowest BCUT2D eigenvalue weighted by molar-refractivity contribution is 0.113. The fourth-order valence-corrected chi connectivity index (χ4v) is 1.82. The number of aromatic amines is 1. The van der Waals surface area contributed by atoms with Crippen molar-refractivity contribution in [1.82, 2.24) is 19.9 Å². The second-order valence-corrected chi connectivity index (χ2v) is 5.14. The van der Waals surface area contributed by atoms with Crippen molar-refractivity contribution >= 4 is 30.1 Å². The maximum atomic E-state index is 11.1. The van der Waals surface area contributed by atoms with Gasteiger partial charge in [0.1, 0.15) is 17.4 Å². The zero-order valence-electron chi connectivity index (χ0n) is 9.65. The molecule has 0 fully saturated rings. The Hall–Kier alpha value is -1.54. The molecule has 0 aliphatic heterocycles. The lowest BCUT2D eigenvalue weighted by atomic mass is 10.4. The standard InChI is InChI=1S/C8H12N5O4P/c1-3(17-2)6-10-4-5(9)11-8(18(14,15)16)13-7(4)12-6/h3H,1-2H3,(H2,14,15,16)(H3,9,10,11,12,13). The minimum atomic E-state index is -4.56. The largest absolute Gasteiger partial charge is 0.393 e. The number of H-pyrrole nitrogens is 1. The zero-order valence-corrected chi connectivity index (χ0v) is 10.5. The van der Waals surface area contributed by atoms with Crippen LogP contribution in [-0.2, 0) is 9.30 Å². The molecule has 2 heterocycles. The summed E-state index contributed by atoms with van der Waals surface area (Å²) in [6.07, 6.45) is -0.322. The van der Waals surface area contributed by atoms with Crippen molar-refractivity contribution in [3.63, 3.8) is 0 Å². The number of methoxy groups -OCH3 is 1. The minimum Gasteiger partial charge on any atom is -0.382 e. The molecule has 2 aromatic heterocycles. The van der Waals surface area contributed by atoms with E-state index in [-0.39, 0.29) is 17.6 Å². The lowest BCUT2D eigenvalue weighted by Crippen LogP contribution is -2.16. The Morgan fingerprint density at radius 2 is 2.06 bits per heavy atom. The van der Waals surface area contributed by atoms with Crippen LogP contribution in [0.1, 0.15) is 18.9 Å². The number of ether oxygens (including phenoxy) is 1. The van der Waals surface area contributed by atoms with Gasteiger partial charge in [-0.1, -0.05) is 0 Å². The lowest BCUT2D eigenvalue weighted by Gasteiger charge is -2.03. The van der Waals surface area contributed by atoms with Crippen molar-refractivity contribution in [2.45, 2.75) is 13.0 Å². The van der Waals surface area contributed by atoms with E-state index in [1.54, 1.807) is 6.92 Å². The number of fused-ring (bicyclic) bond motifs is 1. The first-order valence-electron chi connectivity index (χ1n) is 4.95. The summed E-state index contributed by atoms with van der Waals surface area (Å²) in [7, 11) is -3.05. The van der Waals surface area contributed by atoms with Crippen molar-refractivity contribution in [2.24, 2.45) is 0 Å². The Morgan fingerprint density at radius 3 is 2.61 bits per heavy atom. The summed E-state index contributed by atoms with van der Waals surface area (Å²) in [5, 5.41) is 0. The van der Waals surface area contributed by atoms with Crippen molar-refractivity contribution in [1.29, 1.82) is 0 Å². The molecule has 9 nitrogen and oxygen atoms in total. The van der Waals surface area contributed by atoms with Gasteiger partial charge < -0.3 is 25.2 Å². The normalized spacial score (nSPS) is 14.0. The van der Waals surface area contributed by atoms with Gasteiger partial charge in [-0.25, -0.2) is 9.97 Å². The van der Waals surface area contributed by atoms with E-state index < -0.39 is 13.2 Å². The van der Waals surface area contributed by atoms with E-state index in [4.69, 9.17) is 20.3 Å². The van der Waals surface area contributed by atoms with Crippen LogP contribution in [0.4, 0.5) is 5.82 Å². The van der Waals surface area contributed by atoms with E-state index in [2.05, 4.69) is 19.9 Å². The summed E-state index contributed by atoms with van der Waals surface area (Å²) in [6.45, 7) is 1.76. The molecule has 18 heavy (non-hydrogen) atoms. The highest BCUT2D eigenvalue weighted by molar-refractivity contribution is 7.59. The molecule has 0 amide bonds. The van der Waals surface area contributed by atoms with Crippen LogP contribution in [-0.4, -0.2) is 36.8 Å². The monoisotopic (exact) mass is 273 g/mol. The third-order valence-electron chi connectivity index (χ3n) is 2.38. The molecule has 0 aliphatic carbocycles. The SMILES string of the molecule is COC(C)c1nc2nc(P(=O)(O)O)nc(N)c2[nH]1. The Labute approximate surface area is 102 Å². The third-order valence-corrected chi connectivity index (χ3v) is 3.11. The first-order chi connectivity index (χ1) is 8.32. The van der Waals surface area contributed by atoms with Crippen LogP contribution in [0.25, 0.3) is 11.2 Å². The van der Waals surface area contributed by atoms with Gasteiger partial charge in [0, 0.05) is 7.11 Å². The number of hydrogen-bond donors (Lipinski definition) is 4. The smallest absolute Gasteiger partial charge is 0.382 e. The van der Waals surface area contributed by atoms with E-state index >= 15 is 0 Å². The van der Waals surface area contributed by atoms with Gasteiger partial charge in [0.05, 0.1) is 0 Å². The summed E-state index contributed by atoms with van der Waals surface area (Å²) in [5.41, 5.74) is 5.38. The van der Waals surface area contributed by atoms with E-state index in [0.29, 0.717) is 11.3 Å². The number of nitrogens with zero attached hydrogens (tertiary/aromatic N) is 3. The average molecular weight is 273 g/mol. The highest BCUT2D eigenvalue weighted by atomic mass is 31.2. The molecular formula is C8H12N5O4P. The number of nitrogens with two attached hydrogens (primary N) is 1. The Bertz CT molecular complexity index is 636. The van der Waals surface area contributed by atoms with Crippen LogP contribution in [0.15, 0.2) is 0 Å². The fraction of sp³-hybridized carbons (Fsp3) is 0.375. The van der Waals surface area contributed by atoms with Crippen molar-refractivity contribution in [2.75, 3.05) is 12.8 Å². The van der Waals surface area contributed by atoms with Gasteiger partial charge in [0.2, 0.25) is 5.57 Å². The number of nitrogens with one attached hydrogen (secondary N) is 1. The number of anilines is 1. The molecule has 2 rings (SSSR count). The molecule has 0 bridgehead atoms. The molecule has 1 unspecified atom stereocenters. The molecule has 1 atom stereocenters. The molecule has 10 heteroatoms. The van der Waals surface area contributed by atoms with Crippen LogP contribution >= 0.6 is 7.60 Å². The summed E-state index contributed by atoms with van der Waals surface area (Å²) < 4.78 is 16.1. The first-order valence-corrected chi connectivity index (χ1v) is 6.56. The van der Waals surface area contributed by atoms with E-state index in [1.165, 1.54) is 7.11 Å². The van der Waals surface area contributed by atoms with Crippen LogP contribution in [0.5, 0.6) is 0 Å².